The van der Waals surface area contributed by atoms with E-state index < -0.39 is 0 Å². The second-order valence-corrected chi connectivity index (χ2v) is 2.70. The molecule has 1 rings (SSSR count). The minimum absolute atomic E-state index is 0.111. The number of aromatic nitrogens is 2. The van der Waals surface area contributed by atoms with Crippen LogP contribution >= 0.6 is 12.6 Å². The van der Waals surface area contributed by atoms with Gasteiger partial charge < -0.3 is 4.98 Å². The van der Waals surface area contributed by atoms with Gasteiger partial charge in [-0.2, -0.15) is 12.6 Å². The quantitative estimate of drug-likeness (QED) is 0.688. The third-order valence-corrected chi connectivity index (χ3v) is 1.60. The summed E-state index contributed by atoms with van der Waals surface area (Å²) < 4.78 is 0. The average molecular weight is 182 g/mol. The van der Waals surface area contributed by atoms with Crippen molar-refractivity contribution in [2.24, 2.45) is 0 Å². The zero-order chi connectivity index (χ0) is 8.81. The van der Waals surface area contributed by atoms with Gasteiger partial charge in [0, 0.05) is 6.20 Å². The molecule has 0 bridgehead atoms. The first-order valence-electron chi connectivity index (χ1n) is 3.64. The van der Waals surface area contributed by atoms with Gasteiger partial charge in [-0.3, -0.25) is 4.79 Å². The Bertz CT molecular complexity index is 319. The number of allylic oxidation sites excluding steroid dienone is 1. The number of hydrogen-bond acceptors (Lipinski definition) is 3. The predicted molar refractivity (Wildman–Crippen MR) is 52.4 cm³/mol. The van der Waals surface area contributed by atoms with E-state index in [-0.39, 0.29) is 5.56 Å². The van der Waals surface area contributed by atoms with E-state index in [2.05, 4.69) is 22.6 Å². The predicted octanol–water partition coefficient (Wildman–Crippen LogP) is 1.10. The third kappa shape index (κ3) is 2.54. The lowest BCUT2D eigenvalue weighted by atomic mass is 10.3. The molecule has 1 aromatic rings. The lowest BCUT2D eigenvalue weighted by Crippen LogP contribution is -2.08. The van der Waals surface area contributed by atoms with Crippen LogP contribution in [0.1, 0.15) is 12.0 Å². The standard InChI is InChI=1S/C8H10N2OS/c11-8-7(3-1-2-4-12)5-9-6-10-8/h1,3,5-6,12H,2,4H2,(H,9,10,11). The first kappa shape index (κ1) is 9.06. The van der Waals surface area contributed by atoms with E-state index >= 15 is 0 Å². The maximum atomic E-state index is 11.0. The number of rotatable bonds is 3. The number of hydrogen-bond donors (Lipinski definition) is 2. The summed E-state index contributed by atoms with van der Waals surface area (Å²) in [5, 5.41) is 0. The number of nitrogens with zero attached hydrogens (tertiary/aromatic N) is 1. The van der Waals surface area contributed by atoms with Crippen molar-refractivity contribution in [3.05, 3.63) is 34.5 Å². The van der Waals surface area contributed by atoms with Gasteiger partial charge in [-0.05, 0) is 12.2 Å². The first-order chi connectivity index (χ1) is 5.84. The molecule has 0 saturated carbocycles. The summed E-state index contributed by atoms with van der Waals surface area (Å²) in [7, 11) is 0. The molecule has 4 heteroatoms. The molecule has 1 heterocycles. The Morgan fingerprint density at radius 1 is 1.67 bits per heavy atom. The second kappa shape index (κ2) is 4.77. The third-order valence-electron chi connectivity index (χ3n) is 1.34. The summed E-state index contributed by atoms with van der Waals surface area (Å²) >= 11 is 4.04. The molecule has 0 aliphatic heterocycles. The molecule has 0 amide bonds. The monoisotopic (exact) mass is 182 g/mol. The number of thiol groups is 1. The maximum absolute atomic E-state index is 11.0. The van der Waals surface area contributed by atoms with E-state index in [1.807, 2.05) is 6.08 Å². The lowest BCUT2D eigenvalue weighted by Gasteiger charge is -1.88. The van der Waals surface area contributed by atoms with E-state index in [4.69, 9.17) is 0 Å². The fraction of sp³-hybridized carbons (Fsp3) is 0.250. The molecule has 0 spiro atoms. The Kier molecular flexibility index (Phi) is 3.60. The van der Waals surface area contributed by atoms with E-state index in [1.54, 1.807) is 6.08 Å². The van der Waals surface area contributed by atoms with Gasteiger partial charge in [0.15, 0.2) is 0 Å². The minimum atomic E-state index is -0.111. The van der Waals surface area contributed by atoms with E-state index in [0.717, 1.165) is 12.2 Å². The number of nitrogens with one attached hydrogen (secondary N) is 1. The summed E-state index contributed by atoms with van der Waals surface area (Å²) in [6, 6.07) is 0. The highest BCUT2D eigenvalue weighted by Crippen LogP contribution is 1.93. The molecule has 0 radical (unpaired) electrons. The van der Waals surface area contributed by atoms with Crippen molar-refractivity contribution in [3.8, 4) is 0 Å². The fourth-order valence-electron chi connectivity index (χ4n) is 0.759. The molecule has 1 N–H and O–H groups in total. The van der Waals surface area contributed by atoms with Crippen molar-refractivity contribution in [3.63, 3.8) is 0 Å². The van der Waals surface area contributed by atoms with Crippen molar-refractivity contribution in [1.29, 1.82) is 0 Å². The number of H-pyrrole nitrogens is 1. The molecule has 0 unspecified atom stereocenters. The molecular weight excluding hydrogens is 172 g/mol. The van der Waals surface area contributed by atoms with Crippen LogP contribution in [0.15, 0.2) is 23.4 Å². The summed E-state index contributed by atoms with van der Waals surface area (Å²) in [5.74, 6) is 0.786. The SMILES string of the molecule is O=c1[nH]cncc1C=CCCS. The van der Waals surface area contributed by atoms with Gasteiger partial charge >= 0.3 is 0 Å². The maximum Gasteiger partial charge on any atom is 0.257 e. The van der Waals surface area contributed by atoms with Crippen LogP contribution in [0.25, 0.3) is 6.08 Å². The van der Waals surface area contributed by atoms with Crippen molar-refractivity contribution in [2.45, 2.75) is 6.42 Å². The molecule has 0 saturated heterocycles. The van der Waals surface area contributed by atoms with Crippen LogP contribution in [0.5, 0.6) is 0 Å². The van der Waals surface area contributed by atoms with Gasteiger partial charge in [0.1, 0.15) is 0 Å². The Morgan fingerprint density at radius 2 is 2.50 bits per heavy atom. The molecule has 1 aromatic heterocycles. The Morgan fingerprint density at radius 3 is 3.17 bits per heavy atom. The van der Waals surface area contributed by atoms with Gasteiger partial charge in [-0.15, -0.1) is 0 Å². The Labute approximate surface area is 76.0 Å². The molecule has 0 aromatic carbocycles. The van der Waals surface area contributed by atoms with Crippen LogP contribution in [0.4, 0.5) is 0 Å². The van der Waals surface area contributed by atoms with Crippen molar-refractivity contribution in [2.75, 3.05) is 5.75 Å². The molecule has 3 nitrogen and oxygen atoms in total. The van der Waals surface area contributed by atoms with Crippen molar-refractivity contribution in [1.82, 2.24) is 9.97 Å². The highest BCUT2D eigenvalue weighted by Gasteiger charge is 1.90. The summed E-state index contributed by atoms with van der Waals surface area (Å²) in [4.78, 5) is 17.3. The molecular formula is C8H10N2OS. The van der Waals surface area contributed by atoms with Gasteiger partial charge in [0.25, 0.3) is 5.56 Å². The largest absolute Gasteiger partial charge is 0.313 e. The normalized spacial score (nSPS) is 10.8. The van der Waals surface area contributed by atoms with Crippen molar-refractivity contribution < 1.29 is 0 Å². The molecule has 0 aliphatic rings. The summed E-state index contributed by atoms with van der Waals surface area (Å²) in [6.07, 6.45) is 7.42. The van der Waals surface area contributed by atoms with Crippen LogP contribution in [0.2, 0.25) is 0 Å². The van der Waals surface area contributed by atoms with Gasteiger partial charge in [-0.25, -0.2) is 4.98 Å². The Balaban J connectivity index is 2.76. The molecule has 0 atom stereocenters. The molecule has 0 aliphatic carbocycles. The zero-order valence-electron chi connectivity index (χ0n) is 6.53. The molecule has 12 heavy (non-hydrogen) atoms. The molecule has 0 fully saturated rings. The summed E-state index contributed by atoms with van der Waals surface area (Å²) in [5.41, 5.74) is 0.472. The topological polar surface area (TPSA) is 45.8 Å². The van der Waals surface area contributed by atoms with Crippen LogP contribution < -0.4 is 5.56 Å². The highest BCUT2D eigenvalue weighted by molar-refractivity contribution is 7.80. The zero-order valence-corrected chi connectivity index (χ0v) is 7.42. The van der Waals surface area contributed by atoms with Crippen LogP contribution in [0.3, 0.4) is 0 Å². The van der Waals surface area contributed by atoms with Crippen LogP contribution in [-0.4, -0.2) is 15.7 Å². The Hall–Kier alpha value is -1.03. The van der Waals surface area contributed by atoms with Gasteiger partial charge in [0.2, 0.25) is 0 Å². The smallest absolute Gasteiger partial charge is 0.257 e. The van der Waals surface area contributed by atoms with Gasteiger partial charge in [-0.1, -0.05) is 12.2 Å². The number of aromatic amines is 1. The van der Waals surface area contributed by atoms with E-state index in [9.17, 15) is 4.79 Å². The summed E-state index contributed by atoms with van der Waals surface area (Å²) in [6.45, 7) is 0. The van der Waals surface area contributed by atoms with Crippen molar-refractivity contribution >= 4 is 18.7 Å². The average Bonchev–Trinajstić information content (AvgIpc) is 2.09. The van der Waals surface area contributed by atoms with E-state index in [0.29, 0.717) is 5.56 Å². The molecule has 64 valence electrons. The van der Waals surface area contributed by atoms with Gasteiger partial charge in [0.05, 0.1) is 11.9 Å². The fourth-order valence-corrected chi connectivity index (χ4v) is 0.908. The lowest BCUT2D eigenvalue weighted by molar-refractivity contribution is 1.11. The minimum Gasteiger partial charge on any atom is -0.313 e. The van der Waals surface area contributed by atoms with Crippen LogP contribution in [0, 0.1) is 0 Å². The van der Waals surface area contributed by atoms with Crippen LogP contribution in [-0.2, 0) is 0 Å². The van der Waals surface area contributed by atoms with E-state index in [1.165, 1.54) is 12.5 Å². The second-order valence-electron chi connectivity index (χ2n) is 2.25. The first-order valence-corrected chi connectivity index (χ1v) is 4.28. The highest BCUT2D eigenvalue weighted by atomic mass is 32.1.